The lowest BCUT2D eigenvalue weighted by Gasteiger charge is -2.21. The molecular weight excluding hydrogens is 615 g/mol. The Morgan fingerprint density at radius 3 is 2.51 bits per heavy atom. The minimum absolute atomic E-state index is 0.0364. The van der Waals surface area contributed by atoms with E-state index < -0.39 is 19.7 Å². The molecule has 3 rings (SSSR count). The fourth-order valence-corrected chi connectivity index (χ4v) is 6.17. The zero-order chi connectivity index (χ0) is 27.0. The Bertz CT molecular complexity index is 1290. The molecular formula is C22H21BrF2N3O6PS2. The van der Waals surface area contributed by atoms with Gasteiger partial charge in [0.2, 0.25) is 0 Å². The summed E-state index contributed by atoms with van der Waals surface area (Å²) in [5, 5.41) is 13.8. The summed E-state index contributed by atoms with van der Waals surface area (Å²) in [7, 11) is -4.56. The van der Waals surface area contributed by atoms with Gasteiger partial charge in [-0.25, -0.2) is 9.78 Å². The molecule has 37 heavy (non-hydrogen) atoms. The lowest BCUT2D eigenvalue weighted by atomic mass is 10.1. The number of hydrogen-bond acceptors (Lipinski definition) is 8. The molecule has 1 aromatic heterocycles. The molecule has 0 radical (unpaired) electrons. The average Bonchev–Trinajstić information content (AvgIpc) is 3.38. The molecule has 0 spiro atoms. The Kier molecular flexibility index (Phi) is 10.6. The summed E-state index contributed by atoms with van der Waals surface area (Å²) in [6, 6.07) is 11.7. The lowest BCUT2D eigenvalue weighted by Crippen LogP contribution is -2.39. The third kappa shape index (κ3) is 8.06. The van der Waals surface area contributed by atoms with Crippen molar-refractivity contribution in [2.75, 3.05) is 17.2 Å². The van der Waals surface area contributed by atoms with Crippen molar-refractivity contribution in [1.82, 2.24) is 10.3 Å². The fraction of sp³-hybridized carbons (Fsp3) is 0.227. The molecule has 0 saturated heterocycles. The van der Waals surface area contributed by atoms with Crippen LogP contribution >= 0.6 is 46.6 Å². The van der Waals surface area contributed by atoms with Crippen LogP contribution in [0.2, 0.25) is 0 Å². The number of urea groups is 1. The number of hydrogen-bond donors (Lipinski definition) is 2. The van der Waals surface area contributed by atoms with Gasteiger partial charge in [0.15, 0.2) is 5.13 Å². The second-order valence-electron chi connectivity index (χ2n) is 7.48. The molecule has 1 heterocycles. The second-order valence-corrected chi connectivity index (χ2v) is 12.0. The molecule has 0 aliphatic carbocycles. The monoisotopic (exact) mass is 635 g/mol. The Hall–Kier alpha value is -2.35. The SMILES string of the molecule is CCNC(=O)N(Cc1ccc(CP(=O)(OF)OF)c(Br)c1)c1nc(-c2ccc(SCC(=O)O)cc2)cs1. The van der Waals surface area contributed by atoms with Crippen LogP contribution < -0.4 is 10.2 Å². The van der Waals surface area contributed by atoms with Crippen molar-refractivity contribution in [3.63, 3.8) is 0 Å². The molecule has 0 aliphatic rings. The molecule has 0 bridgehead atoms. The first kappa shape index (κ1) is 29.2. The highest BCUT2D eigenvalue weighted by atomic mass is 79.9. The van der Waals surface area contributed by atoms with Crippen LogP contribution in [0.5, 0.6) is 0 Å². The maximum absolute atomic E-state index is 12.8. The second kappa shape index (κ2) is 13.4. The quantitative estimate of drug-likeness (QED) is 0.162. The number of aliphatic carboxylic acids is 1. The molecule has 3 aromatic rings. The number of carboxylic acids is 1. The van der Waals surface area contributed by atoms with E-state index >= 15 is 0 Å². The lowest BCUT2D eigenvalue weighted by molar-refractivity contribution is -0.133. The smallest absolute Gasteiger partial charge is 0.399 e. The van der Waals surface area contributed by atoms with Crippen molar-refractivity contribution in [2.45, 2.75) is 24.5 Å². The van der Waals surface area contributed by atoms with Crippen LogP contribution in [0, 0.1) is 0 Å². The minimum Gasteiger partial charge on any atom is -0.481 e. The number of nitrogens with zero attached hydrogens (tertiary/aromatic N) is 2. The number of carboxylic acid groups (broad SMARTS) is 1. The number of rotatable bonds is 12. The van der Waals surface area contributed by atoms with Gasteiger partial charge in [-0.3, -0.25) is 14.3 Å². The fourth-order valence-electron chi connectivity index (χ4n) is 3.13. The molecule has 198 valence electrons. The summed E-state index contributed by atoms with van der Waals surface area (Å²) < 4.78 is 43.4. The van der Waals surface area contributed by atoms with Crippen LogP contribution in [0.3, 0.4) is 0 Å². The van der Waals surface area contributed by atoms with Crippen LogP contribution in [0.4, 0.5) is 19.0 Å². The molecule has 0 saturated carbocycles. The Morgan fingerprint density at radius 1 is 1.22 bits per heavy atom. The van der Waals surface area contributed by atoms with Crippen molar-refractivity contribution in [1.29, 1.82) is 0 Å². The largest absolute Gasteiger partial charge is 0.481 e. The molecule has 2 N–H and O–H groups in total. The molecule has 0 unspecified atom stereocenters. The molecule has 9 nitrogen and oxygen atoms in total. The molecule has 0 aliphatic heterocycles. The number of amides is 2. The third-order valence-electron chi connectivity index (χ3n) is 4.84. The molecule has 0 fully saturated rings. The van der Waals surface area contributed by atoms with E-state index in [9.17, 15) is 23.2 Å². The summed E-state index contributed by atoms with van der Waals surface area (Å²) in [5.41, 5.74) is 2.40. The maximum atomic E-state index is 12.8. The summed E-state index contributed by atoms with van der Waals surface area (Å²) in [4.78, 5) is 30.5. The zero-order valence-electron chi connectivity index (χ0n) is 19.2. The number of thiazole rings is 1. The number of carbonyl (C=O) groups is 2. The minimum atomic E-state index is -4.56. The topological polar surface area (TPSA) is 118 Å². The number of aromatic nitrogens is 1. The summed E-state index contributed by atoms with van der Waals surface area (Å²) >= 11 is 5.77. The van der Waals surface area contributed by atoms with Gasteiger partial charge in [0, 0.05) is 26.9 Å². The predicted octanol–water partition coefficient (Wildman–Crippen LogP) is 6.98. The molecule has 2 aromatic carbocycles. The first-order valence-corrected chi connectivity index (χ1v) is 15.0. The Balaban J connectivity index is 1.81. The zero-order valence-corrected chi connectivity index (χ0v) is 23.3. The van der Waals surface area contributed by atoms with Gasteiger partial charge in [-0.2, -0.15) is 0 Å². The van der Waals surface area contributed by atoms with Gasteiger partial charge in [0.25, 0.3) is 0 Å². The van der Waals surface area contributed by atoms with Crippen molar-refractivity contribution in [3.05, 3.63) is 63.4 Å². The highest BCUT2D eigenvalue weighted by molar-refractivity contribution is 9.10. The average molecular weight is 636 g/mol. The van der Waals surface area contributed by atoms with Gasteiger partial charge >= 0.3 is 19.6 Å². The van der Waals surface area contributed by atoms with Crippen molar-refractivity contribution >= 4 is 63.8 Å². The first-order chi connectivity index (χ1) is 17.7. The van der Waals surface area contributed by atoms with Crippen molar-refractivity contribution < 1.29 is 37.8 Å². The molecule has 0 atom stereocenters. The number of carbonyl (C=O) groups excluding carboxylic acids is 1. The van der Waals surface area contributed by atoms with E-state index in [1.807, 2.05) is 29.6 Å². The number of anilines is 1. The van der Waals surface area contributed by atoms with Gasteiger partial charge < -0.3 is 10.4 Å². The number of thioether (sulfide) groups is 1. The van der Waals surface area contributed by atoms with Crippen LogP contribution in [-0.4, -0.2) is 34.4 Å². The van der Waals surface area contributed by atoms with Gasteiger partial charge in [-0.05, 0) is 45.3 Å². The van der Waals surface area contributed by atoms with Gasteiger partial charge in [0.05, 0.1) is 24.2 Å². The van der Waals surface area contributed by atoms with E-state index in [0.717, 1.165) is 10.5 Å². The standard InChI is InChI=1S/C22H21BrF2N3O6PS2/c1-2-26-21(31)28(10-14-3-4-16(18(23)9-14)11-35(32,33-24)34-25)22-27-19(12-37-22)15-5-7-17(8-6-15)36-13-20(29)30/h3-9,12H,2,10-11,13H2,1H3,(H,26,31)(H,29,30). The van der Waals surface area contributed by atoms with Crippen LogP contribution in [0.25, 0.3) is 11.3 Å². The van der Waals surface area contributed by atoms with E-state index in [4.69, 9.17) is 5.11 Å². The van der Waals surface area contributed by atoms with E-state index in [0.29, 0.717) is 27.4 Å². The predicted molar refractivity (Wildman–Crippen MR) is 141 cm³/mol. The van der Waals surface area contributed by atoms with Crippen molar-refractivity contribution in [3.8, 4) is 11.3 Å². The Morgan fingerprint density at radius 2 is 1.92 bits per heavy atom. The van der Waals surface area contributed by atoms with E-state index in [1.54, 1.807) is 19.1 Å². The number of nitrogens with one attached hydrogen (secondary N) is 1. The Labute approximate surface area is 227 Å². The summed E-state index contributed by atoms with van der Waals surface area (Å²) in [6.07, 6.45) is -0.635. The summed E-state index contributed by atoms with van der Waals surface area (Å²) in [6.45, 7) is 2.31. The van der Waals surface area contributed by atoms with Gasteiger partial charge in [-0.15, -0.1) is 32.6 Å². The van der Waals surface area contributed by atoms with E-state index in [2.05, 4.69) is 35.7 Å². The highest BCUT2D eigenvalue weighted by Crippen LogP contribution is 2.53. The third-order valence-corrected chi connectivity index (χ3v) is 8.59. The molecule has 2 amide bonds. The first-order valence-electron chi connectivity index (χ1n) is 10.6. The maximum Gasteiger partial charge on any atom is 0.399 e. The van der Waals surface area contributed by atoms with Crippen LogP contribution in [0.15, 0.2) is 57.2 Å². The van der Waals surface area contributed by atoms with Crippen LogP contribution in [-0.2, 0) is 31.5 Å². The summed E-state index contributed by atoms with van der Waals surface area (Å²) in [5.74, 6) is -0.932. The van der Waals surface area contributed by atoms with Crippen molar-refractivity contribution in [2.24, 2.45) is 0 Å². The normalized spacial score (nSPS) is 11.4. The van der Waals surface area contributed by atoms with Crippen LogP contribution in [0.1, 0.15) is 18.1 Å². The molecule has 15 heteroatoms. The van der Waals surface area contributed by atoms with E-state index in [-0.39, 0.29) is 23.9 Å². The van der Waals surface area contributed by atoms with Gasteiger partial charge in [-0.1, -0.05) is 40.2 Å². The highest BCUT2D eigenvalue weighted by Gasteiger charge is 2.29. The number of halogens is 3. The van der Waals surface area contributed by atoms with E-state index in [1.165, 1.54) is 34.1 Å². The van der Waals surface area contributed by atoms with Gasteiger partial charge in [0.1, 0.15) is 0 Å². The number of benzene rings is 2.